The maximum Gasteiger partial charge on any atom is 0.410 e. The fraction of sp³-hybridized carbons (Fsp3) is 0.632. The van der Waals surface area contributed by atoms with Gasteiger partial charge in [0.15, 0.2) is 0 Å². The van der Waals surface area contributed by atoms with Crippen molar-refractivity contribution in [1.29, 1.82) is 0 Å². The zero-order valence-corrected chi connectivity index (χ0v) is 17.9. The van der Waals surface area contributed by atoms with E-state index in [0.29, 0.717) is 37.6 Å². The van der Waals surface area contributed by atoms with Crippen molar-refractivity contribution in [3.63, 3.8) is 0 Å². The molecule has 2 rings (SSSR count). The van der Waals surface area contributed by atoms with Crippen molar-refractivity contribution in [3.05, 3.63) is 21.7 Å². The number of phenols is 1. The van der Waals surface area contributed by atoms with E-state index in [1.165, 1.54) is 0 Å². The van der Waals surface area contributed by atoms with Crippen LogP contribution in [-0.2, 0) is 4.74 Å². The topological polar surface area (TPSA) is 71.0 Å². The lowest BCUT2D eigenvalue weighted by Crippen LogP contribution is -2.55. The second-order valence-corrected chi connectivity index (χ2v) is 8.74. The molecule has 0 saturated carbocycles. The van der Waals surface area contributed by atoms with Crippen LogP contribution in [0.15, 0.2) is 6.07 Å². The Labute approximate surface area is 170 Å². The first-order chi connectivity index (χ1) is 12.5. The van der Waals surface area contributed by atoms with E-state index in [1.807, 2.05) is 34.6 Å². The number of ether oxygens (including phenoxy) is 2. The van der Waals surface area contributed by atoms with Gasteiger partial charge in [0.25, 0.3) is 0 Å². The minimum atomic E-state index is -0.530. The first kappa shape index (κ1) is 21.9. The molecule has 1 aromatic carbocycles. The standard InChI is InChI=1S/C19H28Cl2N2O4/c1-11(2)13-8-14(15(20)16(21)17(13)24)26-10-12-9-23(7-6-22-12)18(25)27-19(3,4)5/h8,11-12,22,24H,6-7,9-10H2,1-5H3/t12-/m1/s1. The highest BCUT2D eigenvalue weighted by molar-refractivity contribution is 6.44. The van der Waals surface area contributed by atoms with Gasteiger partial charge in [-0.05, 0) is 32.8 Å². The van der Waals surface area contributed by atoms with Gasteiger partial charge in [-0.2, -0.15) is 0 Å². The lowest BCUT2D eigenvalue weighted by atomic mass is 10.0. The molecule has 0 radical (unpaired) electrons. The summed E-state index contributed by atoms with van der Waals surface area (Å²) in [5.41, 5.74) is 0.142. The number of hydrogen-bond acceptors (Lipinski definition) is 5. The molecule has 1 aliphatic rings. The molecule has 27 heavy (non-hydrogen) atoms. The maximum atomic E-state index is 12.3. The first-order valence-electron chi connectivity index (χ1n) is 9.04. The van der Waals surface area contributed by atoms with E-state index >= 15 is 0 Å². The summed E-state index contributed by atoms with van der Waals surface area (Å²) in [6.45, 7) is 11.4. The third kappa shape index (κ3) is 5.80. The van der Waals surface area contributed by atoms with Crippen LogP contribution >= 0.6 is 23.2 Å². The van der Waals surface area contributed by atoms with Gasteiger partial charge in [0.05, 0.1) is 6.04 Å². The highest BCUT2D eigenvalue weighted by Gasteiger charge is 2.28. The van der Waals surface area contributed by atoms with Crippen molar-refractivity contribution in [3.8, 4) is 11.5 Å². The van der Waals surface area contributed by atoms with Crippen LogP contribution in [0.3, 0.4) is 0 Å². The fourth-order valence-electron chi connectivity index (χ4n) is 2.78. The van der Waals surface area contributed by atoms with Crippen molar-refractivity contribution in [1.82, 2.24) is 10.2 Å². The predicted molar refractivity (Wildman–Crippen MR) is 107 cm³/mol. The molecular weight excluding hydrogens is 391 g/mol. The summed E-state index contributed by atoms with van der Waals surface area (Å²) in [6, 6.07) is 1.64. The Kier molecular flexibility index (Phi) is 7.11. The van der Waals surface area contributed by atoms with Crippen molar-refractivity contribution in [2.45, 2.75) is 52.2 Å². The van der Waals surface area contributed by atoms with Crippen molar-refractivity contribution < 1.29 is 19.4 Å². The third-order valence-corrected chi connectivity index (χ3v) is 4.99. The van der Waals surface area contributed by atoms with Crippen molar-refractivity contribution >= 4 is 29.3 Å². The number of hydrogen-bond donors (Lipinski definition) is 2. The summed E-state index contributed by atoms with van der Waals surface area (Å²) >= 11 is 12.4. The average molecular weight is 419 g/mol. The number of piperazine rings is 1. The molecule has 1 saturated heterocycles. The van der Waals surface area contributed by atoms with Crippen LogP contribution in [0.2, 0.25) is 10.0 Å². The lowest BCUT2D eigenvalue weighted by Gasteiger charge is -2.34. The molecule has 152 valence electrons. The van der Waals surface area contributed by atoms with Gasteiger partial charge in [-0.3, -0.25) is 0 Å². The number of carbonyl (C=O) groups excluding carboxylic acids is 1. The van der Waals surface area contributed by atoms with Crippen LogP contribution in [0.4, 0.5) is 4.79 Å². The van der Waals surface area contributed by atoms with Gasteiger partial charge in [0.2, 0.25) is 0 Å². The number of aromatic hydroxyl groups is 1. The molecule has 0 aliphatic carbocycles. The molecule has 0 aromatic heterocycles. The summed E-state index contributed by atoms with van der Waals surface area (Å²) in [4.78, 5) is 13.9. The molecular formula is C19H28Cl2N2O4. The highest BCUT2D eigenvalue weighted by Crippen LogP contribution is 2.43. The van der Waals surface area contributed by atoms with E-state index in [1.54, 1.807) is 11.0 Å². The molecule has 8 heteroatoms. The third-order valence-electron chi connectivity index (χ3n) is 4.15. The fourth-order valence-corrected chi connectivity index (χ4v) is 3.18. The molecule has 1 atom stereocenters. The van der Waals surface area contributed by atoms with Crippen LogP contribution in [0, 0.1) is 0 Å². The number of rotatable bonds is 4. The van der Waals surface area contributed by atoms with Gasteiger partial charge in [0.1, 0.15) is 33.8 Å². The van der Waals surface area contributed by atoms with E-state index in [9.17, 15) is 9.90 Å². The number of amides is 1. The predicted octanol–water partition coefficient (Wildman–Crippen LogP) is 4.41. The number of nitrogens with one attached hydrogen (secondary N) is 1. The molecule has 1 aliphatic heterocycles. The Morgan fingerprint density at radius 3 is 2.63 bits per heavy atom. The lowest BCUT2D eigenvalue weighted by molar-refractivity contribution is 0.0178. The molecule has 0 bridgehead atoms. The second-order valence-electron chi connectivity index (χ2n) is 7.98. The van der Waals surface area contributed by atoms with Gasteiger partial charge < -0.3 is 24.8 Å². The van der Waals surface area contributed by atoms with E-state index < -0.39 is 5.60 Å². The minimum Gasteiger partial charge on any atom is -0.506 e. The molecule has 1 fully saturated rings. The van der Waals surface area contributed by atoms with E-state index in [2.05, 4.69) is 5.32 Å². The number of benzene rings is 1. The average Bonchev–Trinajstić information content (AvgIpc) is 2.57. The van der Waals surface area contributed by atoms with Crippen LogP contribution in [0.1, 0.15) is 46.1 Å². The van der Waals surface area contributed by atoms with Gasteiger partial charge in [-0.15, -0.1) is 0 Å². The first-order valence-corrected chi connectivity index (χ1v) is 9.80. The molecule has 1 amide bonds. The van der Waals surface area contributed by atoms with E-state index in [0.717, 1.165) is 0 Å². The number of nitrogens with zero attached hydrogens (tertiary/aromatic N) is 1. The summed E-state index contributed by atoms with van der Waals surface area (Å²) in [5.74, 6) is 0.466. The number of halogens is 2. The summed E-state index contributed by atoms with van der Waals surface area (Å²) in [6.07, 6.45) is -0.332. The Morgan fingerprint density at radius 2 is 2.04 bits per heavy atom. The molecule has 0 spiro atoms. The van der Waals surface area contributed by atoms with Crippen molar-refractivity contribution in [2.24, 2.45) is 0 Å². The van der Waals surface area contributed by atoms with Crippen LogP contribution < -0.4 is 10.1 Å². The van der Waals surface area contributed by atoms with Gasteiger partial charge >= 0.3 is 6.09 Å². The zero-order valence-electron chi connectivity index (χ0n) is 16.4. The Bertz CT molecular complexity index is 689. The minimum absolute atomic E-state index is 0.0177. The largest absolute Gasteiger partial charge is 0.506 e. The maximum absolute atomic E-state index is 12.3. The SMILES string of the molecule is CC(C)c1cc(OC[C@H]2CN(C(=O)OC(C)(C)C)CCN2)c(Cl)c(Cl)c1O. The van der Waals surface area contributed by atoms with Crippen LogP contribution in [0.5, 0.6) is 11.5 Å². The van der Waals surface area contributed by atoms with E-state index in [-0.39, 0.29) is 33.8 Å². The van der Waals surface area contributed by atoms with Crippen LogP contribution in [-0.4, -0.2) is 54.0 Å². The van der Waals surface area contributed by atoms with E-state index in [4.69, 9.17) is 32.7 Å². The highest BCUT2D eigenvalue weighted by atomic mass is 35.5. The smallest absolute Gasteiger partial charge is 0.410 e. The Hall–Kier alpha value is -1.37. The Balaban J connectivity index is 2.03. The summed E-state index contributed by atoms with van der Waals surface area (Å²) < 4.78 is 11.3. The monoisotopic (exact) mass is 418 g/mol. The molecule has 1 heterocycles. The summed E-state index contributed by atoms with van der Waals surface area (Å²) in [7, 11) is 0. The molecule has 2 N–H and O–H groups in total. The van der Waals surface area contributed by atoms with Crippen molar-refractivity contribution in [2.75, 3.05) is 26.2 Å². The van der Waals surface area contributed by atoms with Crippen LogP contribution in [0.25, 0.3) is 0 Å². The van der Waals surface area contributed by atoms with Gasteiger partial charge in [0, 0.05) is 25.2 Å². The molecule has 0 unspecified atom stereocenters. The summed E-state index contributed by atoms with van der Waals surface area (Å²) in [5, 5.41) is 13.7. The molecule has 1 aromatic rings. The van der Waals surface area contributed by atoms with Gasteiger partial charge in [-0.25, -0.2) is 4.79 Å². The zero-order chi connectivity index (χ0) is 20.4. The second kappa shape index (κ2) is 8.76. The van der Waals surface area contributed by atoms with Gasteiger partial charge in [-0.1, -0.05) is 37.0 Å². The quantitative estimate of drug-likeness (QED) is 0.757. The molecule has 6 nitrogen and oxygen atoms in total. The normalized spacial score (nSPS) is 17.9. The number of phenolic OH excluding ortho intramolecular Hbond substituents is 1. The Morgan fingerprint density at radius 1 is 1.37 bits per heavy atom. The number of carbonyl (C=O) groups is 1.